The molecule has 2 aromatic carbocycles. The number of ether oxygens (including phenoxy) is 1. The first kappa shape index (κ1) is 17.9. The van der Waals surface area contributed by atoms with Crippen LogP contribution in [0.25, 0.3) is 0 Å². The molecule has 1 aliphatic rings. The third-order valence-corrected chi connectivity index (χ3v) is 4.05. The molecule has 3 rings (SSSR count). The molecule has 0 fully saturated rings. The maximum absolute atomic E-state index is 12.4. The first-order valence-corrected chi connectivity index (χ1v) is 8.61. The summed E-state index contributed by atoms with van der Waals surface area (Å²) in [6.07, 6.45) is 0.181. The van der Waals surface area contributed by atoms with Crippen molar-refractivity contribution in [3.8, 4) is 5.75 Å². The molecule has 6 nitrogen and oxygen atoms in total. The zero-order valence-corrected chi connectivity index (χ0v) is 14.9. The van der Waals surface area contributed by atoms with Gasteiger partial charge >= 0.3 is 0 Å². The van der Waals surface area contributed by atoms with E-state index in [9.17, 15) is 9.59 Å². The van der Waals surface area contributed by atoms with Crippen LogP contribution in [0.4, 0.5) is 0 Å². The molecule has 0 saturated heterocycles. The molecular weight excluding hydrogens is 354 g/mol. The van der Waals surface area contributed by atoms with Crippen LogP contribution in [0.5, 0.6) is 5.75 Å². The molecule has 1 heterocycles. The van der Waals surface area contributed by atoms with Crippen molar-refractivity contribution in [3.05, 3.63) is 64.7 Å². The van der Waals surface area contributed by atoms with E-state index in [2.05, 4.69) is 15.6 Å². The van der Waals surface area contributed by atoms with Gasteiger partial charge in [-0.2, -0.15) is 0 Å². The summed E-state index contributed by atoms with van der Waals surface area (Å²) >= 11 is 5.91. The molecule has 0 spiro atoms. The Kier molecular flexibility index (Phi) is 5.53. The van der Waals surface area contributed by atoms with Crippen molar-refractivity contribution in [1.82, 2.24) is 10.6 Å². The van der Waals surface area contributed by atoms with Crippen LogP contribution in [0, 0.1) is 0 Å². The van der Waals surface area contributed by atoms with Crippen molar-refractivity contribution >= 4 is 29.4 Å². The van der Waals surface area contributed by atoms with Crippen LogP contribution in [0.15, 0.2) is 53.5 Å². The first-order chi connectivity index (χ1) is 12.6. The number of halogens is 1. The summed E-state index contributed by atoms with van der Waals surface area (Å²) in [5.74, 6) is 0.171. The van der Waals surface area contributed by atoms with Crippen molar-refractivity contribution in [3.63, 3.8) is 0 Å². The highest BCUT2D eigenvalue weighted by molar-refractivity contribution is 6.31. The third-order valence-electron chi connectivity index (χ3n) is 3.82. The molecular formula is C19H18ClN3O3. The van der Waals surface area contributed by atoms with Crippen LogP contribution >= 0.6 is 11.6 Å². The van der Waals surface area contributed by atoms with Crippen LogP contribution in [-0.2, 0) is 4.79 Å². The van der Waals surface area contributed by atoms with Gasteiger partial charge in [0.15, 0.2) is 0 Å². The second kappa shape index (κ2) is 8.01. The fraction of sp³-hybridized carbons (Fsp3) is 0.211. The van der Waals surface area contributed by atoms with Gasteiger partial charge in [-0.15, -0.1) is 0 Å². The van der Waals surface area contributed by atoms with Gasteiger partial charge in [0.05, 0.1) is 19.1 Å². The van der Waals surface area contributed by atoms with Gasteiger partial charge in [-0.1, -0.05) is 35.9 Å². The molecule has 2 N–H and O–H groups in total. The molecule has 2 aromatic rings. The lowest BCUT2D eigenvalue weighted by molar-refractivity contribution is -0.120. The van der Waals surface area contributed by atoms with Crippen molar-refractivity contribution < 1.29 is 14.3 Å². The lowest BCUT2D eigenvalue weighted by Crippen LogP contribution is -2.47. The molecule has 2 amide bonds. The Morgan fingerprint density at radius 2 is 2.12 bits per heavy atom. The highest BCUT2D eigenvalue weighted by atomic mass is 35.5. The first-order valence-electron chi connectivity index (χ1n) is 8.23. The molecule has 7 heteroatoms. The van der Waals surface area contributed by atoms with E-state index in [1.165, 1.54) is 0 Å². The van der Waals surface area contributed by atoms with Crippen molar-refractivity contribution in [2.45, 2.75) is 19.4 Å². The second-order valence-corrected chi connectivity index (χ2v) is 6.12. The summed E-state index contributed by atoms with van der Waals surface area (Å²) < 4.78 is 5.62. The predicted molar refractivity (Wildman–Crippen MR) is 99.5 cm³/mol. The summed E-state index contributed by atoms with van der Waals surface area (Å²) in [5, 5.41) is 5.67. The molecule has 1 atom stereocenters. The Balaban J connectivity index is 1.84. The van der Waals surface area contributed by atoms with E-state index >= 15 is 0 Å². The largest absolute Gasteiger partial charge is 0.494 e. The minimum atomic E-state index is -0.429. The Hall–Kier alpha value is -2.86. The van der Waals surface area contributed by atoms with Gasteiger partial charge in [0.25, 0.3) is 5.91 Å². The number of carbonyl (C=O) groups excluding carboxylic acids is 2. The number of nitrogens with zero attached hydrogens (tertiary/aromatic N) is 1. The predicted octanol–water partition coefficient (Wildman–Crippen LogP) is 3.09. The summed E-state index contributed by atoms with van der Waals surface area (Å²) in [5.41, 5.74) is 1.19. The number of guanidine groups is 1. The highest BCUT2D eigenvalue weighted by Gasteiger charge is 2.25. The number of aliphatic imine (C=N–C) groups is 1. The third kappa shape index (κ3) is 4.21. The quantitative estimate of drug-likeness (QED) is 0.866. The van der Waals surface area contributed by atoms with Crippen LogP contribution in [-0.4, -0.2) is 24.4 Å². The van der Waals surface area contributed by atoms with E-state index in [0.29, 0.717) is 22.9 Å². The van der Waals surface area contributed by atoms with Gasteiger partial charge in [-0.05, 0) is 31.2 Å². The van der Waals surface area contributed by atoms with Crippen LogP contribution in [0.2, 0.25) is 5.02 Å². The Labute approximate surface area is 156 Å². The van der Waals surface area contributed by atoms with Gasteiger partial charge in [0.1, 0.15) is 5.75 Å². The molecule has 26 heavy (non-hydrogen) atoms. The molecule has 0 radical (unpaired) electrons. The van der Waals surface area contributed by atoms with Gasteiger partial charge in [0.2, 0.25) is 11.9 Å². The van der Waals surface area contributed by atoms with Crippen molar-refractivity contribution in [1.29, 1.82) is 0 Å². The number of rotatable bonds is 4. The number of hydrogen-bond acceptors (Lipinski definition) is 4. The Bertz CT molecular complexity index is 867. The Morgan fingerprint density at radius 3 is 2.88 bits per heavy atom. The lowest BCUT2D eigenvalue weighted by atomic mass is 10.0. The molecule has 0 saturated carbocycles. The summed E-state index contributed by atoms with van der Waals surface area (Å²) in [7, 11) is 0. The van der Waals surface area contributed by atoms with Gasteiger partial charge < -0.3 is 4.74 Å². The van der Waals surface area contributed by atoms with E-state index < -0.39 is 11.9 Å². The number of amides is 2. The fourth-order valence-corrected chi connectivity index (χ4v) is 2.88. The van der Waals surface area contributed by atoms with E-state index in [4.69, 9.17) is 16.3 Å². The van der Waals surface area contributed by atoms with Crippen LogP contribution < -0.4 is 15.4 Å². The summed E-state index contributed by atoms with van der Waals surface area (Å²) in [6.45, 7) is 2.41. The van der Waals surface area contributed by atoms with E-state index in [1.54, 1.807) is 24.3 Å². The monoisotopic (exact) mass is 371 g/mol. The van der Waals surface area contributed by atoms with E-state index in [1.807, 2.05) is 31.2 Å². The number of hydrogen-bond donors (Lipinski definition) is 2. The summed E-state index contributed by atoms with van der Waals surface area (Å²) in [4.78, 5) is 28.9. The maximum Gasteiger partial charge on any atom is 0.258 e. The molecule has 1 aliphatic heterocycles. The van der Waals surface area contributed by atoms with E-state index in [0.717, 1.165) is 5.56 Å². The number of para-hydroxylation sites is 1. The van der Waals surface area contributed by atoms with Crippen LogP contribution in [0.3, 0.4) is 0 Å². The highest BCUT2D eigenvalue weighted by Crippen LogP contribution is 2.31. The SMILES string of the molecule is CCOc1ccccc1C1CC(=O)NC(NC(=O)c2cccc(Cl)c2)=N1. The van der Waals surface area contributed by atoms with Gasteiger partial charge in [-0.3, -0.25) is 20.2 Å². The zero-order chi connectivity index (χ0) is 18.5. The lowest BCUT2D eigenvalue weighted by Gasteiger charge is -2.23. The fourth-order valence-electron chi connectivity index (χ4n) is 2.69. The van der Waals surface area contributed by atoms with Crippen molar-refractivity contribution in [2.75, 3.05) is 6.61 Å². The molecule has 0 aliphatic carbocycles. The smallest absolute Gasteiger partial charge is 0.258 e. The van der Waals surface area contributed by atoms with Gasteiger partial charge in [-0.25, -0.2) is 4.99 Å². The molecule has 0 aromatic heterocycles. The number of nitrogens with one attached hydrogen (secondary N) is 2. The van der Waals surface area contributed by atoms with Crippen molar-refractivity contribution in [2.24, 2.45) is 4.99 Å². The maximum atomic E-state index is 12.4. The van der Waals surface area contributed by atoms with Gasteiger partial charge in [0, 0.05) is 16.1 Å². The standard InChI is InChI=1S/C19H18ClN3O3/c1-2-26-16-9-4-3-8-14(16)15-11-17(24)22-19(21-15)23-18(25)12-6-5-7-13(20)10-12/h3-10,15H,2,11H2,1H3,(H2,21,22,23,24,25). The average molecular weight is 372 g/mol. The minimum absolute atomic E-state index is 0.113. The number of carbonyl (C=O) groups is 2. The Morgan fingerprint density at radius 1 is 1.31 bits per heavy atom. The molecule has 134 valence electrons. The average Bonchev–Trinajstić information content (AvgIpc) is 2.62. The summed E-state index contributed by atoms with van der Waals surface area (Å²) in [6, 6.07) is 13.5. The zero-order valence-electron chi connectivity index (χ0n) is 14.2. The normalized spacial score (nSPS) is 16.5. The van der Waals surface area contributed by atoms with Crippen LogP contribution in [0.1, 0.15) is 35.3 Å². The molecule has 0 bridgehead atoms. The second-order valence-electron chi connectivity index (χ2n) is 5.68. The van der Waals surface area contributed by atoms with E-state index in [-0.39, 0.29) is 18.3 Å². The molecule has 1 unspecified atom stereocenters. The number of benzene rings is 2. The topological polar surface area (TPSA) is 79.8 Å². The minimum Gasteiger partial charge on any atom is -0.494 e.